The van der Waals surface area contributed by atoms with Crippen molar-refractivity contribution in [3.8, 4) is 0 Å². The number of rotatable bonds is 31. The standard InChI is InChI=1S/C40H67NO7/c1-6-8-10-12-14-16-17-18-19-20-21-23-25-27-29-31-39(43)48-36(34-46-33-32-37(40(44)45)41(3,4)5)35-47-38(42)30-28-26-24-22-15-13-11-9-7-2/h8-12,14-17,22,36-37H,6-7,13,18-21,23-35H2,1-5H3/b10-8+,11-9+,14-12+,17-16+,22-15+. The summed E-state index contributed by atoms with van der Waals surface area (Å²) in [6.07, 6.45) is 35.4. The number of unbranched alkanes of at least 4 members (excludes halogenated alkanes) is 9. The quantitative estimate of drug-likeness (QED) is 0.0244. The van der Waals surface area contributed by atoms with Gasteiger partial charge in [-0.05, 0) is 57.8 Å². The zero-order valence-electron chi connectivity index (χ0n) is 30.9. The van der Waals surface area contributed by atoms with Crippen LogP contribution in [0.2, 0.25) is 0 Å². The normalized spacial score (nSPS) is 13.8. The topological polar surface area (TPSA) is 102 Å². The molecule has 2 unspecified atom stereocenters. The van der Waals surface area contributed by atoms with Crippen LogP contribution in [0.1, 0.15) is 123 Å². The molecule has 0 aliphatic heterocycles. The number of likely N-dealkylation sites (N-methyl/N-ethyl adjacent to an activating group) is 1. The zero-order chi connectivity index (χ0) is 35.7. The largest absolute Gasteiger partial charge is 0.544 e. The van der Waals surface area contributed by atoms with E-state index >= 15 is 0 Å². The number of nitrogens with zero attached hydrogens (tertiary/aromatic N) is 1. The Balaban J connectivity index is 4.48. The van der Waals surface area contributed by atoms with Crippen LogP contribution >= 0.6 is 0 Å². The third kappa shape index (κ3) is 29.2. The molecule has 0 aliphatic rings. The van der Waals surface area contributed by atoms with Gasteiger partial charge < -0.3 is 28.6 Å². The molecule has 0 saturated carbocycles. The second kappa shape index (κ2) is 31.3. The highest BCUT2D eigenvalue weighted by molar-refractivity contribution is 5.70. The van der Waals surface area contributed by atoms with Crippen molar-refractivity contribution in [1.82, 2.24) is 0 Å². The van der Waals surface area contributed by atoms with Gasteiger partial charge >= 0.3 is 11.9 Å². The molecule has 0 amide bonds. The lowest BCUT2D eigenvalue weighted by molar-refractivity contribution is -0.889. The first-order chi connectivity index (χ1) is 23.1. The molecule has 8 heteroatoms. The Morgan fingerprint density at radius 3 is 1.88 bits per heavy atom. The first kappa shape index (κ1) is 45.0. The molecule has 0 saturated heterocycles. The minimum absolute atomic E-state index is 0.0224. The maximum Gasteiger partial charge on any atom is 0.306 e. The van der Waals surface area contributed by atoms with Gasteiger partial charge in [-0.2, -0.15) is 0 Å². The number of carbonyl (C=O) groups excluding carboxylic acids is 3. The van der Waals surface area contributed by atoms with Crippen molar-refractivity contribution in [2.24, 2.45) is 0 Å². The van der Waals surface area contributed by atoms with E-state index in [1.165, 1.54) is 19.3 Å². The van der Waals surface area contributed by atoms with Crippen molar-refractivity contribution in [2.75, 3.05) is 41.0 Å². The van der Waals surface area contributed by atoms with Crippen molar-refractivity contribution in [2.45, 2.75) is 135 Å². The van der Waals surface area contributed by atoms with Gasteiger partial charge in [-0.15, -0.1) is 0 Å². The zero-order valence-corrected chi connectivity index (χ0v) is 30.9. The fourth-order valence-corrected chi connectivity index (χ4v) is 4.87. The summed E-state index contributed by atoms with van der Waals surface area (Å²) in [6, 6.07) is -0.733. The van der Waals surface area contributed by atoms with Crippen LogP contribution in [-0.4, -0.2) is 75.5 Å². The van der Waals surface area contributed by atoms with Gasteiger partial charge in [-0.3, -0.25) is 9.59 Å². The molecule has 0 rings (SSSR count). The molecule has 0 bridgehead atoms. The number of carboxylic acids is 1. The summed E-state index contributed by atoms with van der Waals surface area (Å²) in [7, 11) is 5.37. The second-order valence-corrected chi connectivity index (χ2v) is 13.1. The Labute approximate surface area is 292 Å². The van der Waals surface area contributed by atoms with Crippen LogP contribution in [0.3, 0.4) is 0 Å². The van der Waals surface area contributed by atoms with Crippen molar-refractivity contribution >= 4 is 17.9 Å². The lowest BCUT2D eigenvalue weighted by Gasteiger charge is -2.34. The van der Waals surface area contributed by atoms with E-state index in [2.05, 4.69) is 74.6 Å². The predicted molar refractivity (Wildman–Crippen MR) is 194 cm³/mol. The highest BCUT2D eigenvalue weighted by Crippen LogP contribution is 2.12. The van der Waals surface area contributed by atoms with Crippen LogP contribution in [0.15, 0.2) is 60.8 Å². The maximum absolute atomic E-state index is 12.6. The van der Waals surface area contributed by atoms with E-state index < -0.39 is 18.1 Å². The van der Waals surface area contributed by atoms with Crippen LogP contribution in [-0.2, 0) is 28.6 Å². The Morgan fingerprint density at radius 2 is 1.21 bits per heavy atom. The summed E-state index contributed by atoms with van der Waals surface area (Å²) >= 11 is 0. The van der Waals surface area contributed by atoms with Gasteiger partial charge in [-0.1, -0.05) is 107 Å². The van der Waals surface area contributed by atoms with Gasteiger partial charge in [0, 0.05) is 19.3 Å². The van der Waals surface area contributed by atoms with E-state index in [9.17, 15) is 19.5 Å². The number of hydrogen-bond donors (Lipinski definition) is 0. The fourth-order valence-electron chi connectivity index (χ4n) is 4.87. The number of carbonyl (C=O) groups is 3. The summed E-state index contributed by atoms with van der Waals surface area (Å²) in [5.41, 5.74) is 0. The van der Waals surface area contributed by atoms with Gasteiger partial charge in [0.05, 0.1) is 40.3 Å². The average molecular weight is 674 g/mol. The number of aliphatic carboxylic acids is 1. The molecule has 0 heterocycles. The fraction of sp³-hybridized carbons (Fsp3) is 0.675. The molecule has 0 fully saturated rings. The van der Waals surface area contributed by atoms with Crippen LogP contribution < -0.4 is 5.11 Å². The highest BCUT2D eigenvalue weighted by atomic mass is 16.6. The van der Waals surface area contributed by atoms with E-state index in [1.54, 1.807) is 21.1 Å². The molecule has 0 aliphatic carbocycles. The van der Waals surface area contributed by atoms with E-state index in [1.807, 2.05) is 0 Å². The summed E-state index contributed by atoms with van der Waals surface area (Å²) < 4.78 is 17.0. The van der Waals surface area contributed by atoms with E-state index in [0.29, 0.717) is 12.8 Å². The number of hydrogen-bond acceptors (Lipinski definition) is 7. The summed E-state index contributed by atoms with van der Waals surface area (Å²) in [4.78, 5) is 36.5. The molecule has 8 nitrogen and oxygen atoms in total. The minimum atomic E-state index is -1.14. The Bertz CT molecular complexity index is 975. The van der Waals surface area contributed by atoms with Crippen LogP contribution in [0.5, 0.6) is 0 Å². The molecule has 0 radical (unpaired) electrons. The van der Waals surface area contributed by atoms with Crippen molar-refractivity contribution in [1.29, 1.82) is 0 Å². The molecule has 0 aromatic carbocycles. The Morgan fingerprint density at radius 1 is 0.646 bits per heavy atom. The van der Waals surface area contributed by atoms with Gasteiger partial charge in [0.1, 0.15) is 12.6 Å². The molecular formula is C40H67NO7. The molecule has 2 atom stereocenters. The molecule has 274 valence electrons. The van der Waals surface area contributed by atoms with Gasteiger partial charge in [-0.25, -0.2) is 0 Å². The van der Waals surface area contributed by atoms with Crippen LogP contribution in [0.25, 0.3) is 0 Å². The van der Waals surface area contributed by atoms with E-state index in [0.717, 1.165) is 70.6 Å². The molecule has 0 aromatic heterocycles. The predicted octanol–water partition coefficient (Wildman–Crippen LogP) is 7.74. The third-order valence-electron chi connectivity index (χ3n) is 7.71. The number of ether oxygens (including phenoxy) is 3. The first-order valence-electron chi connectivity index (χ1n) is 18.3. The smallest absolute Gasteiger partial charge is 0.306 e. The van der Waals surface area contributed by atoms with Crippen molar-refractivity contribution in [3.63, 3.8) is 0 Å². The van der Waals surface area contributed by atoms with Crippen molar-refractivity contribution in [3.05, 3.63) is 60.8 Å². The second-order valence-electron chi connectivity index (χ2n) is 13.1. The number of allylic oxidation sites excluding steroid dienone is 10. The summed E-state index contributed by atoms with van der Waals surface area (Å²) in [5, 5.41) is 11.6. The SMILES string of the molecule is CC/C=C/C=C/C=C/CCCCCCCCCC(=O)OC(COCCC(C(=O)[O-])[N+](C)(C)C)COC(=O)CCCC/C=C/C/C=C/CC. The molecule has 0 aromatic rings. The van der Waals surface area contributed by atoms with Crippen molar-refractivity contribution < 1.29 is 38.2 Å². The van der Waals surface area contributed by atoms with Gasteiger partial charge in [0.15, 0.2) is 6.10 Å². The monoisotopic (exact) mass is 673 g/mol. The Kier molecular flexibility index (Phi) is 29.4. The molecule has 48 heavy (non-hydrogen) atoms. The highest BCUT2D eigenvalue weighted by Gasteiger charge is 2.25. The molecular weight excluding hydrogens is 606 g/mol. The van der Waals surface area contributed by atoms with Gasteiger partial charge in [0.2, 0.25) is 0 Å². The third-order valence-corrected chi connectivity index (χ3v) is 7.71. The van der Waals surface area contributed by atoms with Gasteiger partial charge in [0.25, 0.3) is 0 Å². The minimum Gasteiger partial charge on any atom is -0.544 e. The molecule has 0 N–H and O–H groups in total. The number of carboxylic acid groups (broad SMARTS) is 1. The lowest BCUT2D eigenvalue weighted by atomic mass is 10.1. The number of quaternary nitrogens is 1. The van der Waals surface area contributed by atoms with Crippen LogP contribution in [0.4, 0.5) is 0 Å². The number of esters is 2. The van der Waals surface area contributed by atoms with E-state index in [-0.39, 0.29) is 42.7 Å². The first-order valence-corrected chi connectivity index (χ1v) is 18.3. The van der Waals surface area contributed by atoms with E-state index in [4.69, 9.17) is 14.2 Å². The Hall–Kier alpha value is -2.97. The average Bonchev–Trinajstić information content (AvgIpc) is 3.03. The summed E-state index contributed by atoms with van der Waals surface area (Å²) in [5.74, 6) is -1.81. The maximum atomic E-state index is 12.6. The van der Waals surface area contributed by atoms with Crippen LogP contribution in [0, 0.1) is 0 Å². The lowest BCUT2D eigenvalue weighted by Crippen LogP contribution is -2.55. The summed E-state index contributed by atoms with van der Waals surface area (Å²) in [6.45, 7) is 4.32. The molecule has 0 spiro atoms.